The van der Waals surface area contributed by atoms with E-state index in [9.17, 15) is 9.59 Å². The Bertz CT molecular complexity index is 97.1. The zero-order valence-corrected chi connectivity index (χ0v) is 4.39. The molecule has 2 amide bonds. The zero-order chi connectivity index (χ0) is 6.57. The number of carbonyl (C=O) groups excluding carboxylic acids is 2. The normalized spacial score (nSPS) is 7.75. The number of nitrogens with two attached hydrogens (primary N) is 1. The molecule has 4 N–H and O–H groups in total. The van der Waals surface area contributed by atoms with Crippen molar-refractivity contribution in [3.63, 3.8) is 0 Å². The third kappa shape index (κ3) is 1.57. The van der Waals surface area contributed by atoms with Crippen LogP contribution in [0.4, 0.5) is 0 Å². The molecule has 46 valence electrons. The van der Waals surface area contributed by atoms with Gasteiger partial charge in [0, 0.05) is 7.05 Å². The first-order valence-corrected chi connectivity index (χ1v) is 1.95. The summed E-state index contributed by atoms with van der Waals surface area (Å²) in [6.07, 6.45) is 0. The molecule has 0 aromatic rings. The standard InChI is InChI=1S/C3H7N3O2/c1-5-2(7)3(8)6-4/h4H2,1H3,(H,5,7)(H,6,8). The summed E-state index contributed by atoms with van der Waals surface area (Å²) in [7, 11) is 1.34. The predicted octanol–water partition coefficient (Wildman–Crippen LogP) is -2.28. The highest BCUT2D eigenvalue weighted by molar-refractivity contribution is 6.34. The smallest absolute Gasteiger partial charge is 0.323 e. The number of amides is 2. The van der Waals surface area contributed by atoms with Crippen molar-refractivity contribution < 1.29 is 9.59 Å². The molecule has 5 nitrogen and oxygen atoms in total. The van der Waals surface area contributed by atoms with Gasteiger partial charge in [-0.05, 0) is 0 Å². The van der Waals surface area contributed by atoms with E-state index in [1.807, 2.05) is 0 Å². The summed E-state index contributed by atoms with van der Waals surface area (Å²) >= 11 is 0. The Balaban J connectivity index is 3.64. The predicted molar refractivity (Wildman–Crippen MR) is 26.4 cm³/mol. The number of nitrogens with one attached hydrogen (secondary N) is 2. The summed E-state index contributed by atoms with van der Waals surface area (Å²) in [5, 5.41) is 2.08. The van der Waals surface area contributed by atoms with Crippen LogP contribution in [0.2, 0.25) is 0 Å². The van der Waals surface area contributed by atoms with Gasteiger partial charge in [-0.2, -0.15) is 0 Å². The van der Waals surface area contributed by atoms with Gasteiger partial charge in [0.1, 0.15) is 0 Å². The molecule has 0 aliphatic carbocycles. The lowest BCUT2D eigenvalue weighted by molar-refractivity contribution is -0.138. The molecule has 0 bridgehead atoms. The fraction of sp³-hybridized carbons (Fsp3) is 0.333. The lowest BCUT2D eigenvalue weighted by atomic mass is 10.6. The Morgan fingerprint density at radius 1 is 1.38 bits per heavy atom. The van der Waals surface area contributed by atoms with Gasteiger partial charge >= 0.3 is 11.8 Å². The van der Waals surface area contributed by atoms with Crippen molar-refractivity contribution in [2.75, 3.05) is 7.05 Å². The van der Waals surface area contributed by atoms with E-state index in [1.54, 1.807) is 5.43 Å². The number of hydrazine groups is 1. The van der Waals surface area contributed by atoms with Gasteiger partial charge in [-0.15, -0.1) is 0 Å². The summed E-state index contributed by atoms with van der Waals surface area (Å²) in [6.45, 7) is 0. The minimum absolute atomic E-state index is 0.743. The molecule has 0 unspecified atom stereocenters. The Kier molecular flexibility index (Phi) is 2.57. The first-order valence-electron chi connectivity index (χ1n) is 1.95. The van der Waals surface area contributed by atoms with Crippen molar-refractivity contribution >= 4 is 11.8 Å². The Morgan fingerprint density at radius 3 is 2.00 bits per heavy atom. The van der Waals surface area contributed by atoms with Gasteiger partial charge in [0.25, 0.3) is 0 Å². The second-order valence-electron chi connectivity index (χ2n) is 1.05. The molecule has 0 saturated carbocycles. The average molecular weight is 117 g/mol. The molecule has 0 heterocycles. The van der Waals surface area contributed by atoms with Gasteiger partial charge in [-0.3, -0.25) is 15.0 Å². The van der Waals surface area contributed by atoms with Crippen molar-refractivity contribution in [1.29, 1.82) is 0 Å². The minimum Gasteiger partial charge on any atom is -0.351 e. The highest BCUT2D eigenvalue weighted by Gasteiger charge is 2.06. The van der Waals surface area contributed by atoms with Gasteiger partial charge in [-0.1, -0.05) is 0 Å². The maximum absolute atomic E-state index is 10.1. The molecule has 0 aromatic carbocycles. The molecule has 5 heteroatoms. The molecule has 0 fully saturated rings. The largest absolute Gasteiger partial charge is 0.351 e. The second kappa shape index (κ2) is 2.98. The lowest BCUT2D eigenvalue weighted by Crippen LogP contribution is -2.41. The molecule has 0 radical (unpaired) electrons. The fourth-order valence-corrected chi connectivity index (χ4v) is 0.179. The molecule has 0 atom stereocenters. The van der Waals surface area contributed by atoms with Crippen LogP contribution < -0.4 is 16.6 Å². The molecule has 0 rings (SSSR count). The number of rotatable bonds is 0. The van der Waals surface area contributed by atoms with Gasteiger partial charge in [0.2, 0.25) is 0 Å². The topological polar surface area (TPSA) is 84.2 Å². The van der Waals surface area contributed by atoms with Crippen molar-refractivity contribution in [3.05, 3.63) is 0 Å². The molecule has 0 aliphatic heterocycles. The summed E-state index contributed by atoms with van der Waals surface area (Å²) in [5.41, 5.74) is 1.66. The van der Waals surface area contributed by atoms with Crippen molar-refractivity contribution in [1.82, 2.24) is 10.7 Å². The highest BCUT2D eigenvalue weighted by Crippen LogP contribution is 1.57. The van der Waals surface area contributed by atoms with Crippen LogP contribution in [-0.2, 0) is 9.59 Å². The van der Waals surface area contributed by atoms with E-state index >= 15 is 0 Å². The Morgan fingerprint density at radius 2 is 1.88 bits per heavy atom. The van der Waals surface area contributed by atoms with Crippen LogP contribution in [0, 0.1) is 0 Å². The van der Waals surface area contributed by atoms with Crippen LogP contribution in [0.25, 0.3) is 0 Å². The monoisotopic (exact) mass is 117 g/mol. The molecule has 0 saturated heterocycles. The molecule has 0 aromatic heterocycles. The van der Waals surface area contributed by atoms with E-state index in [0.717, 1.165) is 0 Å². The Labute approximate surface area is 46.2 Å². The van der Waals surface area contributed by atoms with E-state index in [2.05, 4.69) is 11.2 Å². The minimum atomic E-state index is -0.840. The average Bonchev–Trinajstić information content (AvgIpc) is 1.84. The SMILES string of the molecule is CNC(=O)C(=O)NN. The summed E-state index contributed by atoms with van der Waals surface area (Å²) in [5.74, 6) is 3.00. The van der Waals surface area contributed by atoms with Crippen LogP contribution in [0.5, 0.6) is 0 Å². The second-order valence-corrected chi connectivity index (χ2v) is 1.05. The zero-order valence-electron chi connectivity index (χ0n) is 4.39. The van der Waals surface area contributed by atoms with E-state index in [-0.39, 0.29) is 0 Å². The molecule has 8 heavy (non-hydrogen) atoms. The number of carbonyl (C=O) groups is 2. The van der Waals surface area contributed by atoms with Gasteiger partial charge < -0.3 is 5.32 Å². The highest BCUT2D eigenvalue weighted by atomic mass is 16.2. The summed E-state index contributed by atoms with van der Waals surface area (Å²) < 4.78 is 0. The van der Waals surface area contributed by atoms with Gasteiger partial charge in [0.05, 0.1) is 0 Å². The van der Waals surface area contributed by atoms with Crippen molar-refractivity contribution in [3.8, 4) is 0 Å². The van der Waals surface area contributed by atoms with Gasteiger partial charge in [0.15, 0.2) is 0 Å². The number of likely N-dealkylation sites (N-methyl/N-ethyl adjacent to an activating group) is 1. The van der Waals surface area contributed by atoms with E-state index in [0.29, 0.717) is 0 Å². The first-order chi connectivity index (χ1) is 3.72. The maximum atomic E-state index is 10.1. The Hall–Kier alpha value is -1.10. The molecular formula is C3H7N3O2. The van der Waals surface area contributed by atoms with E-state index < -0.39 is 11.8 Å². The van der Waals surface area contributed by atoms with Crippen molar-refractivity contribution in [2.24, 2.45) is 5.84 Å². The quantitative estimate of drug-likeness (QED) is 0.145. The molecule has 0 aliphatic rings. The molecule has 0 spiro atoms. The van der Waals surface area contributed by atoms with Gasteiger partial charge in [-0.25, -0.2) is 5.84 Å². The van der Waals surface area contributed by atoms with Crippen LogP contribution in [0.3, 0.4) is 0 Å². The number of hydrogen-bond acceptors (Lipinski definition) is 3. The lowest BCUT2D eigenvalue weighted by Gasteiger charge is -1.93. The van der Waals surface area contributed by atoms with E-state index in [4.69, 9.17) is 0 Å². The number of hydrogen-bond donors (Lipinski definition) is 3. The summed E-state index contributed by atoms with van der Waals surface area (Å²) in [6, 6.07) is 0. The third-order valence-electron chi connectivity index (χ3n) is 0.564. The first kappa shape index (κ1) is 6.90. The van der Waals surface area contributed by atoms with Crippen LogP contribution in [-0.4, -0.2) is 18.9 Å². The van der Waals surface area contributed by atoms with Crippen LogP contribution in [0.15, 0.2) is 0 Å². The van der Waals surface area contributed by atoms with Crippen LogP contribution >= 0.6 is 0 Å². The third-order valence-corrected chi connectivity index (χ3v) is 0.564. The summed E-state index contributed by atoms with van der Waals surface area (Å²) in [4.78, 5) is 20.2. The molecular weight excluding hydrogens is 110 g/mol. The maximum Gasteiger partial charge on any atom is 0.323 e. The van der Waals surface area contributed by atoms with Crippen LogP contribution in [0.1, 0.15) is 0 Å². The van der Waals surface area contributed by atoms with Crippen molar-refractivity contribution in [2.45, 2.75) is 0 Å². The fourth-order valence-electron chi connectivity index (χ4n) is 0.179. The van der Waals surface area contributed by atoms with E-state index in [1.165, 1.54) is 7.05 Å².